The van der Waals surface area contributed by atoms with E-state index in [0.717, 1.165) is 18.8 Å². The summed E-state index contributed by atoms with van der Waals surface area (Å²) in [5.74, 6) is 1.05. The van der Waals surface area contributed by atoms with Crippen molar-refractivity contribution in [3.05, 3.63) is 36.5 Å². The molecule has 2 heteroatoms. The van der Waals surface area contributed by atoms with Crippen LogP contribution < -0.4 is 0 Å². The second kappa shape index (κ2) is 19.0. The summed E-state index contributed by atoms with van der Waals surface area (Å²) in [5.41, 5.74) is 0. The fourth-order valence-electron chi connectivity index (χ4n) is 3.38. The molecule has 28 heavy (non-hydrogen) atoms. The summed E-state index contributed by atoms with van der Waals surface area (Å²) >= 11 is 0. The number of unbranched alkanes of at least 4 members (excludes halogenated alkanes) is 10. The van der Waals surface area contributed by atoms with Gasteiger partial charge in [-0.2, -0.15) is 0 Å². The molecule has 2 nitrogen and oxygen atoms in total. The molecule has 0 aliphatic heterocycles. The van der Waals surface area contributed by atoms with E-state index in [9.17, 15) is 4.79 Å². The number of hydrogen-bond acceptors (Lipinski definition) is 2. The zero-order valence-corrected chi connectivity index (χ0v) is 18.4. The third kappa shape index (κ3) is 18.1. The number of rotatable bonds is 19. The molecule has 0 heterocycles. The van der Waals surface area contributed by atoms with Gasteiger partial charge >= 0.3 is 5.97 Å². The van der Waals surface area contributed by atoms with Crippen LogP contribution in [0.1, 0.15) is 110 Å². The van der Waals surface area contributed by atoms with E-state index in [1.165, 1.54) is 83.5 Å². The maximum Gasteiger partial charge on any atom is 0.305 e. The van der Waals surface area contributed by atoms with E-state index in [1.807, 2.05) is 19.1 Å². The predicted molar refractivity (Wildman–Crippen MR) is 121 cm³/mol. The Kier molecular flexibility index (Phi) is 16.8. The summed E-state index contributed by atoms with van der Waals surface area (Å²) in [7, 11) is 0. The molecule has 1 rings (SSSR count). The SMILES string of the molecule is C/C=C/C=C/C=C/CCCCCCCCCOC(=O)CCCCCCC1CC1. The van der Waals surface area contributed by atoms with Crippen LogP contribution in [0.4, 0.5) is 0 Å². The van der Waals surface area contributed by atoms with Gasteiger partial charge in [-0.25, -0.2) is 0 Å². The van der Waals surface area contributed by atoms with Crippen LogP contribution in [0.15, 0.2) is 36.5 Å². The predicted octanol–water partition coefficient (Wildman–Crippen LogP) is 8.09. The Labute approximate surface area is 174 Å². The number of carbonyl (C=O) groups is 1. The van der Waals surface area contributed by atoms with Crippen LogP contribution in [-0.2, 0) is 9.53 Å². The number of ether oxygens (including phenoxy) is 1. The van der Waals surface area contributed by atoms with Gasteiger partial charge in [-0.05, 0) is 38.5 Å². The number of esters is 1. The smallest absolute Gasteiger partial charge is 0.305 e. The van der Waals surface area contributed by atoms with Crippen LogP contribution in [0, 0.1) is 5.92 Å². The molecule has 0 aromatic rings. The van der Waals surface area contributed by atoms with Crippen molar-refractivity contribution in [2.45, 2.75) is 110 Å². The van der Waals surface area contributed by atoms with E-state index in [2.05, 4.69) is 24.3 Å². The summed E-state index contributed by atoms with van der Waals surface area (Å²) in [4.78, 5) is 11.7. The summed E-state index contributed by atoms with van der Waals surface area (Å²) in [6, 6.07) is 0. The zero-order valence-electron chi connectivity index (χ0n) is 18.4. The quantitative estimate of drug-likeness (QED) is 0.127. The minimum Gasteiger partial charge on any atom is -0.466 e. The minimum atomic E-state index is 0.0100. The second-order valence-electron chi connectivity index (χ2n) is 8.22. The highest BCUT2D eigenvalue weighted by Gasteiger charge is 2.19. The molecule has 0 unspecified atom stereocenters. The van der Waals surface area contributed by atoms with Gasteiger partial charge in [0.2, 0.25) is 0 Å². The van der Waals surface area contributed by atoms with Crippen molar-refractivity contribution in [2.75, 3.05) is 6.61 Å². The molecule has 0 aromatic carbocycles. The van der Waals surface area contributed by atoms with E-state index in [0.29, 0.717) is 13.0 Å². The zero-order chi connectivity index (χ0) is 20.1. The van der Waals surface area contributed by atoms with Crippen molar-refractivity contribution in [1.29, 1.82) is 0 Å². The molecule has 0 N–H and O–H groups in total. The molecule has 0 spiro atoms. The first-order valence-electron chi connectivity index (χ1n) is 11.9. The van der Waals surface area contributed by atoms with Gasteiger partial charge in [0, 0.05) is 6.42 Å². The molecule has 1 aliphatic carbocycles. The van der Waals surface area contributed by atoms with Gasteiger partial charge in [0.25, 0.3) is 0 Å². The fraction of sp³-hybridized carbons (Fsp3) is 0.731. The van der Waals surface area contributed by atoms with Gasteiger partial charge in [0.05, 0.1) is 6.61 Å². The number of hydrogen-bond donors (Lipinski definition) is 0. The van der Waals surface area contributed by atoms with Crippen LogP contribution >= 0.6 is 0 Å². The summed E-state index contributed by atoms with van der Waals surface area (Å²) in [6.45, 7) is 2.64. The average molecular weight is 389 g/mol. The maximum absolute atomic E-state index is 11.7. The fourth-order valence-corrected chi connectivity index (χ4v) is 3.38. The van der Waals surface area contributed by atoms with Gasteiger partial charge < -0.3 is 4.74 Å². The van der Waals surface area contributed by atoms with Crippen LogP contribution in [0.5, 0.6) is 0 Å². The van der Waals surface area contributed by atoms with Crippen molar-refractivity contribution < 1.29 is 9.53 Å². The van der Waals surface area contributed by atoms with Gasteiger partial charge in [0.15, 0.2) is 0 Å². The van der Waals surface area contributed by atoms with Crippen molar-refractivity contribution in [3.8, 4) is 0 Å². The van der Waals surface area contributed by atoms with E-state index >= 15 is 0 Å². The standard InChI is InChI=1S/C26H44O2/c1-2-3-4-5-6-7-8-9-10-11-12-13-16-19-24-28-26(27)21-18-15-14-17-20-25-22-23-25/h2-7,25H,8-24H2,1H3/b3-2+,5-4+,7-6+. The molecule has 1 saturated carbocycles. The first-order chi connectivity index (χ1) is 13.8. The topological polar surface area (TPSA) is 26.3 Å². The van der Waals surface area contributed by atoms with E-state index in [4.69, 9.17) is 4.74 Å². The Morgan fingerprint density at radius 3 is 2.18 bits per heavy atom. The maximum atomic E-state index is 11.7. The lowest BCUT2D eigenvalue weighted by Crippen LogP contribution is -2.05. The van der Waals surface area contributed by atoms with Crippen molar-refractivity contribution >= 4 is 5.97 Å². The lowest BCUT2D eigenvalue weighted by atomic mass is 10.1. The number of allylic oxidation sites excluding steroid dienone is 6. The Hall–Kier alpha value is -1.31. The third-order valence-corrected chi connectivity index (χ3v) is 5.38. The first kappa shape index (κ1) is 24.7. The largest absolute Gasteiger partial charge is 0.466 e. The molecule has 160 valence electrons. The number of carbonyl (C=O) groups excluding carboxylic acids is 1. The molecular weight excluding hydrogens is 344 g/mol. The highest BCUT2D eigenvalue weighted by Crippen LogP contribution is 2.34. The Morgan fingerprint density at radius 2 is 1.43 bits per heavy atom. The molecule has 1 aliphatic rings. The van der Waals surface area contributed by atoms with Crippen LogP contribution in [0.25, 0.3) is 0 Å². The Morgan fingerprint density at radius 1 is 0.786 bits per heavy atom. The van der Waals surface area contributed by atoms with E-state index in [-0.39, 0.29) is 5.97 Å². The van der Waals surface area contributed by atoms with E-state index in [1.54, 1.807) is 0 Å². The van der Waals surface area contributed by atoms with Crippen LogP contribution in [0.2, 0.25) is 0 Å². The molecule has 0 amide bonds. The van der Waals surface area contributed by atoms with Crippen LogP contribution in [0.3, 0.4) is 0 Å². The molecule has 0 radical (unpaired) electrons. The van der Waals surface area contributed by atoms with Gasteiger partial charge in [-0.1, -0.05) is 107 Å². The molecule has 0 atom stereocenters. The lowest BCUT2D eigenvalue weighted by Gasteiger charge is -2.05. The third-order valence-electron chi connectivity index (χ3n) is 5.38. The molecule has 1 fully saturated rings. The average Bonchev–Trinajstić information content (AvgIpc) is 3.52. The monoisotopic (exact) mass is 388 g/mol. The second-order valence-corrected chi connectivity index (χ2v) is 8.22. The Bertz CT molecular complexity index is 443. The van der Waals surface area contributed by atoms with Crippen molar-refractivity contribution in [3.63, 3.8) is 0 Å². The lowest BCUT2D eigenvalue weighted by molar-refractivity contribution is -0.143. The first-order valence-corrected chi connectivity index (χ1v) is 11.9. The molecule has 0 aromatic heterocycles. The van der Waals surface area contributed by atoms with Crippen molar-refractivity contribution in [1.82, 2.24) is 0 Å². The minimum absolute atomic E-state index is 0.0100. The van der Waals surface area contributed by atoms with Gasteiger partial charge in [-0.3, -0.25) is 4.79 Å². The molecule has 0 saturated heterocycles. The van der Waals surface area contributed by atoms with Crippen molar-refractivity contribution in [2.24, 2.45) is 5.92 Å². The van der Waals surface area contributed by atoms with Gasteiger partial charge in [-0.15, -0.1) is 0 Å². The van der Waals surface area contributed by atoms with Crippen LogP contribution in [-0.4, -0.2) is 12.6 Å². The highest BCUT2D eigenvalue weighted by molar-refractivity contribution is 5.69. The Balaban J connectivity index is 1.73. The normalized spacial score (nSPS) is 14.6. The summed E-state index contributed by atoms with van der Waals surface area (Å²) < 4.78 is 5.35. The summed E-state index contributed by atoms with van der Waals surface area (Å²) in [5, 5.41) is 0. The molecular formula is C26H44O2. The molecule has 0 bridgehead atoms. The van der Waals surface area contributed by atoms with E-state index < -0.39 is 0 Å². The summed E-state index contributed by atoms with van der Waals surface area (Å²) in [6.07, 6.45) is 32.3. The highest BCUT2D eigenvalue weighted by atomic mass is 16.5. The van der Waals surface area contributed by atoms with Gasteiger partial charge in [0.1, 0.15) is 0 Å².